The van der Waals surface area contributed by atoms with Gasteiger partial charge in [0.1, 0.15) is 10.5 Å². The molecule has 0 amide bonds. The highest BCUT2D eigenvalue weighted by atomic mass is 35.5. The van der Waals surface area contributed by atoms with Crippen molar-refractivity contribution in [2.75, 3.05) is 19.6 Å². The summed E-state index contributed by atoms with van der Waals surface area (Å²) in [6, 6.07) is 13.8. The molecule has 1 aliphatic heterocycles. The molecule has 3 heterocycles. The molecule has 33 heavy (non-hydrogen) atoms. The Labute approximate surface area is 199 Å². The van der Waals surface area contributed by atoms with Crippen LogP contribution in [0.1, 0.15) is 5.56 Å². The van der Waals surface area contributed by atoms with Crippen molar-refractivity contribution in [1.82, 2.24) is 14.2 Å². The first-order valence-corrected chi connectivity index (χ1v) is 13.0. The fourth-order valence-electron chi connectivity index (χ4n) is 4.17. The standard InChI is InChI=1S/C23H20ClN3O4S2/c24-18-3-2-17-10-22(32-21(17)11-18)33(30,31)27-8-7-26(19(13-27)14-28)12-15-1-4-20-16(9-15)5-6-25-23(20)29/h1-6,9-11,14,19H,7-8,12-13H2,(H,25,29). The van der Waals surface area contributed by atoms with Crippen molar-refractivity contribution >= 4 is 60.1 Å². The average Bonchev–Trinajstić information content (AvgIpc) is 3.23. The quantitative estimate of drug-likeness (QED) is 0.423. The first-order chi connectivity index (χ1) is 15.8. The molecule has 1 saturated heterocycles. The number of aromatic amines is 1. The van der Waals surface area contributed by atoms with Gasteiger partial charge in [0.05, 0.1) is 6.04 Å². The Morgan fingerprint density at radius 2 is 1.94 bits per heavy atom. The third kappa shape index (κ3) is 4.22. The largest absolute Gasteiger partial charge is 0.329 e. The number of thiophene rings is 1. The molecule has 7 nitrogen and oxygen atoms in total. The highest BCUT2D eigenvalue weighted by molar-refractivity contribution is 7.91. The zero-order chi connectivity index (χ0) is 23.2. The first kappa shape index (κ1) is 22.2. The van der Waals surface area contributed by atoms with Crippen LogP contribution >= 0.6 is 22.9 Å². The van der Waals surface area contributed by atoms with Crippen LogP contribution in [0.2, 0.25) is 5.02 Å². The van der Waals surface area contributed by atoms with Crippen molar-refractivity contribution in [2.45, 2.75) is 16.8 Å². The molecule has 1 fully saturated rings. The Balaban J connectivity index is 1.36. The van der Waals surface area contributed by atoms with Gasteiger partial charge in [-0.25, -0.2) is 8.42 Å². The second-order valence-corrected chi connectivity index (χ2v) is 11.7. The number of sulfonamides is 1. The summed E-state index contributed by atoms with van der Waals surface area (Å²) in [5.41, 5.74) is 0.810. The third-order valence-electron chi connectivity index (χ3n) is 5.93. The maximum atomic E-state index is 13.3. The SMILES string of the molecule is O=CC1CN(S(=O)(=O)c2cc3ccc(Cl)cc3s2)CCN1Cc1ccc2c(=O)[nH]ccc2c1. The summed E-state index contributed by atoms with van der Waals surface area (Å²) < 4.78 is 29.0. The topological polar surface area (TPSA) is 90.6 Å². The number of fused-ring (bicyclic) bond motifs is 2. The second-order valence-electron chi connectivity index (χ2n) is 8.01. The minimum Gasteiger partial charge on any atom is -0.329 e. The highest BCUT2D eigenvalue weighted by Gasteiger charge is 2.35. The Morgan fingerprint density at radius 1 is 1.09 bits per heavy atom. The number of carbonyl (C=O) groups is 1. The maximum Gasteiger partial charge on any atom is 0.255 e. The van der Waals surface area contributed by atoms with Crippen molar-refractivity contribution < 1.29 is 13.2 Å². The molecule has 1 aliphatic rings. The maximum absolute atomic E-state index is 13.3. The van der Waals surface area contributed by atoms with Gasteiger partial charge in [0.25, 0.3) is 15.6 Å². The molecule has 0 spiro atoms. The van der Waals surface area contributed by atoms with E-state index in [-0.39, 0.29) is 22.9 Å². The molecule has 1 atom stereocenters. The number of rotatable bonds is 5. The van der Waals surface area contributed by atoms with E-state index >= 15 is 0 Å². The zero-order valence-corrected chi connectivity index (χ0v) is 19.8. The average molecular weight is 502 g/mol. The van der Waals surface area contributed by atoms with Gasteiger partial charge in [-0.15, -0.1) is 11.3 Å². The molecule has 10 heteroatoms. The smallest absolute Gasteiger partial charge is 0.255 e. The summed E-state index contributed by atoms with van der Waals surface area (Å²) >= 11 is 7.22. The molecule has 170 valence electrons. The number of hydrogen-bond acceptors (Lipinski definition) is 6. The summed E-state index contributed by atoms with van der Waals surface area (Å²) in [5.74, 6) is 0. The van der Waals surface area contributed by atoms with E-state index in [1.165, 1.54) is 15.6 Å². The number of aromatic nitrogens is 1. The lowest BCUT2D eigenvalue weighted by Gasteiger charge is -2.38. The number of nitrogens with zero attached hydrogens (tertiary/aromatic N) is 2. The van der Waals surface area contributed by atoms with Crippen LogP contribution in [0.3, 0.4) is 0 Å². The third-order valence-corrected chi connectivity index (χ3v) is 9.58. The fraction of sp³-hybridized carbons (Fsp3) is 0.217. The van der Waals surface area contributed by atoms with Crippen LogP contribution in [0.4, 0.5) is 0 Å². The molecule has 4 aromatic rings. The van der Waals surface area contributed by atoms with E-state index in [1.54, 1.807) is 36.5 Å². The second kappa shape index (κ2) is 8.66. The van der Waals surface area contributed by atoms with E-state index in [2.05, 4.69) is 4.98 Å². The lowest BCUT2D eigenvalue weighted by molar-refractivity contribution is -0.114. The van der Waals surface area contributed by atoms with Crippen molar-refractivity contribution in [3.63, 3.8) is 0 Å². The summed E-state index contributed by atoms with van der Waals surface area (Å²) in [4.78, 5) is 28.4. The monoisotopic (exact) mass is 501 g/mol. The lowest BCUT2D eigenvalue weighted by Crippen LogP contribution is -2.54. The normalized spacial score (nSPS) is 18.2. The molecule has 1 unspecified atom stereocenters. The molecule has 0 radical (unpaired) electrons. The van der Waals surface area contributed by atoms with Crippen molar-refractivity contribution in [1.29, 1.82) is 0 Å². The van der Waals surface area contributed by atoms with Gasteiger partial charge >= 0.3 is 0 Å². The van der Waals surface area contributed by atoms with Crippen LogP contribution < -0.4 is 5.56 Å². The van der Waals surface area contributed by atoms with E-state index in [4.69, 9.17) is 11.6 Å². The minimum absolute atomic E-state index is 0.0914. The van der Waals surface area contributed by atoms with Gasteiger partial charge < -0.3 is 9.78 Å². The highest BCUT2D eigenvalue weighted by Crippen LogP contribution is 2.33. The lowest BCUT2D eigenvalue weighted by atomic mass is 10.1. The summed E-state index contributed by atoms with van der Waals surface area (Å²) in [6.07, 6.45) is 2.41. The summed E-state index contributed by atoms with van der Waals surface area (Å²) in [5, 5.41) is 2.81. The van der Waals surface area contributed by atoms with Gasteiger partial charge in [0, 0.05) is 47.5 Å². The van der Waals surface area contributed by atoms with Gasteiger partial charge in [0.2, 0.25) is 0 Å². The van der Waals surface area contributed by atoms with Crippen LogP contribution in [0.25, 0.3) is 20.9 Å². The number of aldehydes is 1. The first-order valence-electron chi connectivity index (χ1n) is 10.3. The molecular weight excluding hydrogens is 482 g/mol. The zero-order valence-electron chi connectivity index (χ0n) is 17.4. The summed E-state index contributed by atoms with van der Waals surface area (Å²) in [7, 11) is -3.72. The number of halogens is 1. The minimum atomic E-state index is -3.72. The number of H-pyrrole nitrogens is 1. The van der Waals surface area contributed by atoms with E-state index < -0.39 is 16.1 Å². The number of carbonyl (C=O) groups excluding carboxylic acids is 1. The van der Waals surface area contributed by atoms with Crippen molar-refractivity contribution in [2.24, 2.45) is 0 Å². The molecule has 2 aromatic heterocycles. The summed E-state index contributed by atoms with van der Waals surface area (Å²) in [6.45, 7) is 1.29. The van der Waals surface area contributed by atoms with Crippen molar-refractivity contribution in [3.05, 3.63) is 75.7 Å². The van der Waals surface area contributed by atoms with E-state index in [0.717, 1.165) is 27.3 Å². The van der Waals surface area contributed by atoms with Gasteiger partial charge in [-0.05, 0) is 52.7 Å². The van der Waals surface area contributed by atoms with Crippen LogP contribution in [-0.2, 0) is 21.4 Å². The Bertz CT molecular complexity index is 1530. The predicted octanol–water partition coefficient (Wildman–Crippen LogP) is 3.47. The molecule has 0 bridgehead atoms. The Hall–Kier alpha value is -2.56. The molecule has 5 rings (SSSR count). The Morgan fingerprint density at radius 3 is 2.76 bits per heavy atom. The molecule has 2 aromatic carbocycles. The molecular formula is C23H20ClN3O4S2. The predicted molar refractivity (Wildman–Crippen MR) is 130 cm³/mol. The van der Waals surface area contributed by atoms with Crippen LogP contribution in [-0.4, -0.2) is 54.6 Å². The van der Waals surface area contributed by atoms with Crippen LogP contribution in [0.15, 0.2) is 63.7 Å². The van der Waals surface area contributed by atoms with E-state index in [0.29, 0.717) is 23.5 Å². The molecule has 0 saturated carbocycles. The van der Waals surface area contributed by atoms with Crippen LogP contribution in [0, 0.1) is 0 Å². The number of piperazine rings is 1. The van der Waals surface area contributed by atoms with Gasteiger partial charge in [-0.3, -0.25) is 9.69 Å². The van der Waals surface area contributed by atoms with E-state index in [1.807, 2.05) is 23.1 Å². The van der Waals surface area contributed by atoms with Gasteiger partial charge in [-0.1, -0.05) is 23.7 Å². The number of benzene rings is 2. The number of nitrogens with one attached hydrogen (secondary N) is 1. The Kier molecular flexibility index (Phi) is 5.84. The number of hydrogen-bond donors (Lipinski definition) is 1. The van der Waals surface area contributed by atoms with Gasteiger partial charge in [0.15, 0.2) is 0 Å². The van der Waals surface area contributed by atoms with Crippen molar-refractivity contribution in [3.8, 4) is 0 Å². The van der Waals surface area contributed by atoms with E-state index in [9.17, 15) is 18.0 Å². The number of pyridine rings is 1. The fourth-order valence-corrected chi connectivity index (χ4v) is 7.45. The van der Waals surface area contributed by atoms with Gasteiger partial charge in [-0.2, -0.15) is 4.31 Å². The molecule has 0 aliphatic carbocycles. The van der Waals surface area contributed by atoms with Crippen LogP contribution in [0.5, 0.6) is 0 Å². The molecule has 1 N–H and O–H groups in total.